The van der Waals surface area contributed by atoms with E-state index in [4.69, 9.17) is 5.11 Å². The summed E-state index contributed by atoms with van der Waals surface area (Å²) in [6.45, 7) is -0.186. The van der Waals surface area contributed by atoms with E-state index in [-0.39, 0.29) is 30.3 Å². The zero-order valence-electron chi connectivity index (χ0n) is 11.0. The number of aliphatic hydroxyl groups excluding tert-OH is 1. The summed E-state index contributed by atoms with van der Waals surface area (Å²) in [7, 11) is 0. The molecule has 2 aliphatic rings. The molecule has 1 saturated heterocycles. The zero-order chi connectivity index (χ0) is 14.1. The quantitative estimate of drug-likeness (QED) is 0.618. The van der Waals surface area contributed by atoms with Crippen molar-refractivity contribution in [2.24, 2.45) is 11.8 Å². The lowest BCUT2D eigenvalue weighted by atomic mass is 9.96. The molecule has 3 rings (SSSR count). The SMILES string of the molecule is O=C1C2CCC(C2)C(=O)N1c1ccc(C#CCO)cc1. The fourth-order valence-electron chi connectivity index (χ4n) is 2.99. The lowest BCUT2D eigenvalue weighted by Crippen LogP contribution is -2.46. The van der Waals surface area contributed by atoms with Crippen LogP contribution in [0.3, 0.4) is 0 Å². The predicted octanol–water partition coefficient (Wildman–Crippen LogP) is 1.32. The third kappa shape index (κ3) is 2.10. The van der Waals surface area contributed by atoms with Gasteiger partial charge in [-0.25, -0.2) is 0 Å². The number of anilines is 1. The monoisotopic (exact) mass is 269 g/mol. The van der Waals surface area contributed by atoms with Gasteiger partial charge in [0.1, 0.15) is 6.61 Å². The number of hydrogen-bond acceptors (Lipinski definition) is 3. The number of rotatable bonds is 1. The van der Waals surface area contributed by atoms with E-state index in [1.54, 1.807) is 24.3 Å². The number of fused-ring (bicyclic) bond motifs is 2. The van der Waals surface area contributed by atoms with Crippen molar-refractivity contribution < 1.29 is 14.7 Å². The number of benzene rings is 1. The van der Waals surface area contributed by atoms with Crippen LogP contribution in [0.1, 0.15) is 24.8 Å². The molecule has 102 valence electrons. The largest absolute Gasteiger partial charge is 0.384 e. The van der Waals surface area contributed by atoms with E-state index in [9.17, 15) is 9.59 Å². The zero-order valence-corrected chi connectivity index (χ0v) is 11.0. The van der Waals surface area contributed by atoms with E-state index >= 15 is 0 Å². The van der Waals surface area contributed by atoms with Gasteiger partial charge in [0.25, 0.3) is 0 Å². The van der Waals surface area contributed by atoms with E-state index in [1.807, 2.05) is 0 Å². The van der Waals surface area contributed by atoms with Gasteiger partial charge in [0.2, 0.25) is 11.8 Å². The van der Waals surface area contributed by atoms with Crippen molar-refractivity contribution in [1.29, 1.82) is 0 Å². The van der Waals surface area contributed by atoms with E-state index < -0.39 is 0 Å². The second-order valence-electron chi connectivity index (χ2n) is 5.23. The van der Waals surface area contributed by atoms with Crippen molar-refractivity contribution in [3.8, 4) is 11.8 Å². The van der Waals surface area contributed by atoms with Crippen molar-refractivity contribution in [1.82, 2.24) is 0 Å². The van der Waals surface area contributed by atoms with E-state index in [0.29, 0.717) is 12.1 Å². The minimum atomic E-state index is -0.186. The standard InChI is InChI=1S/C16H15NO3/c18-9-1-2-11-3-7-14(8-4-11)17-15(19)12-5-6-13(10-12)16(17)20/h3-4,7-8,12-13,18H,5-6,9-10H2. The minimum absolute atomic E-state index is 0.00607. The van der Waals surface area contributed by atoms with Gasteiger partial charge in [-0.1, -0.05) is 11.8 Å². The van der Waals surface area contributed by atoms with Crippen LogP contribution in [0.25, 0.3) is 0 Å². The maximum atomic E-state index is 12.3. The predicted molar refractivity (Wildman–Crippen MR) is 73.7 cm³/mol. The molecule has 1 aromatic carbocycles. The Morgan fingerprint density at radius 1 is 1.10 bits per heavy atom. The number of hydrogen-bond donors (Lipinski definition) is 1. The minimum Gasteiger partial charge on any atom is -0.384 e. The molecule has 2 atom stereocenters. The summed E-state index contributed by atoms with van der Waals surface area (Å²) in [6, 6.07) is 6.99. The molecule has 1 aliphatic carbocycles. The van der Waals surface area contributed by atoms with Gasteiger partial charge in [0.15, 0.2) is 0 Å². The molecule has 4 nitrogen and oxygen atoms in total. The third-order valence-corrected chi connectivity index (χ3v) is 4.01. The van der Waals surface area contributed by atoms with Gasteiger partial charge >= 0.3 is 0 Å². The van der Waals surface area contributed by atoms with Gasteiger partial charge in [-0.05, 0) is 43.5 Å². The Bertz CT molecular complexity index is 587. The fourth-order valence-corrected chi connectivity index (χ4v) is 2.99. The summed E-state index contributed by atoms with van der Waals surface area (Å²) in [4.78, 5) is 25.9. The van der Waals surface area contributed by atoms with Crippen LogP contribution < -0.4 is 4.90 Å². The van der Waals surface area contributed by atoms with Gasteiger partial charge in [-0.3, -0.25) is 14.5 Å². The van der Waals surface area contributed by atoms with E-state index in [2.05, 4.69) is 11.8 Å². The molecule has 0 aromatic heterocycles. The van der Waals surface area contributed by atoms with Crippen LogP contribution in [0.5, 0.6) is 0 Å². The number of nitrogens with zero attached hydrogens (tertiary/aromatic N) is 1. The molecule has 1 heterocycles. The second kappa shape index (κ2) is 5.10. The van der Waals surface area contributed by atoms with Crippen molar-refractivity contribution in [2.45, 2.75) is 19.3 Å². The van der Waals surface area contributed by atoms with Crippen LogP contribution in [0, 0.1) is 23.7 Å². The van der Waals surface area contributed by atoms with E-state index in [1.165, 1.54) is 4.90 Å². The molecular weight excluding hydrogens is 254 g/mol. The normalized spacial score (nSPS) is 24.6. The summed E-state index contributed by atoms with van der Waals surface area (Å²) in [5.74, 6) is 5.22. The lowest BCUT2D eigenvalue weighted by molar-refractivity contribution is -0.132. The number of aliphatic hydroxyl groups is 1. The highest BCUT2D eigenvalue weighted by atomic mass is 16.2. The van der Waals surface area contributed by atoms with Crippen LogP contribution in [-0.4, -0.2) is 23.5 Å². The first-order chi connectivity index (χ1) is 9.70. The first kappa shape index (κ1) is 12.9. The number of carbonyl (C=O) groups excluding carboxylic acids is 2. The Labute approximate surface area is 117 Å². The van der Waals surface area contributed by atoms with E-state index in [0.717, 1.165) is 18.4 Å². The van der Waals surface area contributed by atoms with Gasteiger partial charge in [0.05, 0.1) is 5.69 Å². The van der Waals surface area contributed by atoms with Crippen LogP contribution in [0.4, 0.5) is 5.69 Å². The molecule has 1 N–H and O–H groups in total. The van der Waals surface area contributed by atoms with Crippen LogP contribution in [0.2, 0.25) is 0 Å². The molecular formula is C16H15NO3. The number of piperidine rings is 1. The van der Waals surface area contributed by atoms with Crippen LogP contribution >= 0.6 is 0 Å². The second-order valence-corrected chi connectivity index (χ2v) is 5.23. The summed E-state index contributed by atoms with van der Waals surface area (Å²) in [5, 5.41) is 8.65. The molecule has 1 aliphatic heterocycles. The Morgan fingerprint density at radius 2 is 1.70 bits per heavy atom. The molecule has 0 spiro atoms. The average molecular weight is 269 g/mol. The van der Waals surface area contributed by atoms with Crippen molar-refractivity contribution in [3.63, 3.8) is 0 Å². The van der Waals surface area contributed by atoms with Gasteiger partial charge < -0.3 is 5.11 Å². The Morgan fingerprint density at radius 3 is 2.25 bits per heavy atom. The smallest absolute Gasteiger partial charge is 0.236 e. The highest BCUT2D eigenvalue weighted by Gasteiger charge is 2.45. The molecule has 2 fully saturated rings. The topological polar surface area (TPSA) is 57.6 Å². The molecule has 1 aromatic rings. The van der Waals surface area contributed by atoms with Crippen LogP contribution in [-0.2, 0) is 9.59 Å². The molecule has 20 heavy (non-hydrogen) atoms. The number of imide groups is 1. The maximum absolute atomic E-state index is 12.3. The highest BCUT2D eigenvalue weighted by molar-refractivity contribution is 6.18. The van der Waals surface area contributed by atoms with Gasteiger partial charge in [-0.2, -0.15) is 0 Å². The Hall–Kier alpha value is -2.12. The first-order valence-corrected chi connectivity index (χ1v) is 6.78. The summed E-state index contributed by atoms with van der Waals surface area (Å²) >= 11 is 0. The molecule has 1 saturated carbocycles. The molecule has 2 amide bonds. The van der Waals surface area contributed by atoms with Crippen molar-refractivity contribution in [3.05, 3.63) is 29.8 Å². The molecule has 2 unspecified atom stereocenters. The number of amides is 2. The summed E-state index contributed by atoms with van der Waals surface area (Å²) in [6.07, 6.45) is 2.37. The third-order valence-electron chi connectivity index (χ3n) is 4.01. The Balaban J connectivity index is 1.88. The first-order valence-electron chi connectivity index (χ1n) is 6.78. The molecule has 4 heteroatoms. The Kier molecular flexibility index (Phi) is 3.29. The average Bonchev–Trinajstić information content (AvgIpc) is 2.92. The van der Waals surface area contributed by atoms with Gasteiger partial charge in [0, 0.05) is 17.4 Å². The van der Waals surface area contributed by atoms with Crippen molar-refractivity contribution in [2.75, 3.05) is 11.5 Å². The molecule has 0 radical (unpaired) electrons. The highest BCUT2D eigenvalue weighted by Crippen LogP contribution is 2.39. The number of carbonyl (C=O) groups is 2. The lowest BCUT2D eigenvalue weighted by Gasteiger charge is -2.29. The summed E-state index contributed by atoms with van der Waals surface area (Å²) < 4.78 is 0. The van der Waals surface area contributed by atoms with Crippen molar-refractivity contribution >= 4 is 17.5 Å². The van der Waals surface area contributed by atoms with Crippen LogP contribution in [0.15, 0.2) is 24.3 Å². The van der Waals surface area contributed by atoms with Gasteiger partial charge in [-0.15, -0.1) is 0 Å². The maximum Gasteiger partial charge on any atom is 0.236 e. The summed E-state index contributed by atoms with van der Waals surface area (Å²) in [5.41, 5.74) is 1.37. The fraction of sp³-hybridized carbons (Fsp3) is 0.375. The molecule has 2 bridgehead atoms.